The van der Waals surface area contributed by atoms with Crippen molar-refractivity contribution < 1.29 is 0 Å². The Labute approximate surface area is 164 Å². The smallest absolute Gasteiger partial charge is 0.0243 e. The lowest BCUT2D eigenvalue weighted by atomic mass is 9.85. The normalized spacial score (nSPS) is 11.7. The zero-order valence-electron chi connectivity index (χ0n) is 17.1. The van der Waals surface area contributed by atoms with Crippen molar-refractivity contribution in [2.75, 3.05) is 0 Å². The van der Waals surface area contributed by atoms with Crippen LogP contribution < -0.4 is 0 Å². The van der Waals surface area contributed by atoms with Crippen molar-refractivity contribution in [1.82, 2.24) is 4.90 Å². The number of aryl methyl sites for hydroxylation is 1. The van der Waals surface area contributed by atoms with E-state index in [1.165, 1.54) is 27.8 Å². The molecule has 3 aromatic rings. The van der Waals surface area contributed by atoms with Gasteiger partial charge in [-0.1, -0.05) is 99.6 Å². The Balaban J connectivity index is 1.86. The van der Waals surface area contributed by atoms with E-state index in [0.29, 0.717) is 0 Å². The number of rotatable bonds is 6. The summed E-state index contributed by atoms with van der Waals surface area (Å²) in [6, 6.07) is 28.5. The van der Waals surface area contributed by atoms with E-state index >= 15 is 0 Å². The number of hydrogen-bond donors (Lipinski definition) is 0. The molecule has 0 atom stereocenters. The molecule has 0 aliphatic rings. The topological polar surface area (TPSA) is 3.24 Å². The Morgan fingerprint density at radius 1 is 0.667 bits per heavy atom. The summed E-state index contributed by atoms with van der Waals surface area (Å²) in [5.41, 5.74) is 7.09. The van der Waals surface area contributed by atoms with Crippen molar-refractivity contribution in [2.24, 2.45) is 0 Å². The second-order valence-electron chi connectivity index (χ2n) is 8.51. The first-order valence-electron chi connectivity index (χ1n) is 9.82. The Morgan fingerprint density at radius 2 is 1.19 bits per heavy atom. The number of benzene rings is 3. The molecule has 0 fully saturated rings. The summed E-state index contributed by atoms with van der Waals surface area (Å²) in [6.45, 7) is 11.9. The molecule has 0 saturated carbocycles. The van der Waals surface area contributed by atoms with Crippen LogP contribution in [0.25, 0.3) is 0 Å². The van der Waals surface area contributed by atoms with E-state index in [1.807, 2.05) is 0 Å². The predicted octanol–water partition coefficient (Wildman–Crippen LogP) is 6.49. The lowest BCUT2D eigenvalue weighted by molar-refractivity contribution is 0.247. The zero-order valence-corrected chi connectivity index (χ0v) is 17.1. The molecule has 0 aromatic heterocycles. The lowest BCUT2D eigenvalue weighted by Gasteiger charge is -2.26. The van der Waals surface area contributed by atoms with Gasteiger partial charge < -0.3 is 0 Å². The van der Waals surface area contributed by atoms with Crippen LogP contribution in [0.1, 0.15) is 48.6 Å². The summed E-state index contributed by atoms with van der Waals surface area (Å²) in [6.07, 6.45) is 0. The van der Waals surface area contributed by atoms with Crippen LogP contribution in [0.5, 0.6) is 0 Å². The summed E-state index contributed by atoms with van der Waals surface area (Å²) in [4.78, 5) is 2.54. The van der Waals surface area contributed by atoms with Crippen molar-refractivity contribution >= 4 is 0 Å². The highest BCUT2D eigenvalue weighted by molar-refractivity contribution is 5.34. The highest BCUT2D eigenvalue weighted by atomic mass is 15.1. The fourth-order valence-electron chi connectivity index (χ4n) is 3.40. The van der Waals surface area contributed by atoms with Gasteiger partial charge in [-0.05, 0) is 40.2 Å². The van der Waals surface area contributed by atoms with Gasteiger partial charge in [-0.25, -0.2) is 0 Å². The van der Waals surface area contributed by atoms with Crippen LogP contribution in [0.4, 0.5) is 0 Å². The molecule has 3 rings (SSSR count). The lowest BCUT2D eigenvalue weighted by Crippen LogP contribution is -2.23. The number of hydrogen-bond acceptors (Lipinski definition) is 1. The summed E-state index contributed by atoms with van der Waals surface area (Å²) >= 11 is 0. The van der Waals surface area contributed by atoms with Gasteiger partial charge in [-0.2, -0.15) is 0 Å². The molecule has 140 valence electrons. The third kappa shape index (κ3) is 5.55. The van der Waals surface area contributed by atoms with Crippen LogP contribution in [-0.4, -0.2) is 4.90 Å². The van der Waals surface area contributed by atoms with Gasteiger partial charge in [0.1, 0.15) is 0 Å². The molecule has 1 heteroatoms. The molecule has 0 spiro atoms. The largest absolute Gasteiger partial charge is 0.291 e. The minimum Gasteiger partial charge on any atom is -0.291 e. The zero-order chi connectivity index (χ0) is 19.3. The van der Waals surface area contributed by atoms with Gasteiger partial charge in [0, 0.05) is 19.6 Å². The van der Waals surface area contributed by atoms with Crippen LogP contribution >= 0.6 is 0 Å². The van der Waals surface area contributed by atoms with Crippen LogP contribution in [-0.2, 0) is 25.0 Å². The van der Waals surface area contributed by atoms with Crippen LogP contribution in [0.15, 0.2) is 78.9 Å². The minimum absolute atomic E-state index is 0.173. The summed E-state index contributed by atoms with van der Waals surface area (Å²) in [5, 5.41) is 0. The first-order valence-corrected chi connectivity index (χ1v) is 9.82. The average Bonchev–Trinajstić information content (AvgIpc) is 2.64. The van der Waals surface area contributed by atoms with E-state index in [-0.39, 0.29) is 5.41 Å². The third-order valence-electron chi connectivity index (χ3n) is 5.11. The molecule has 0 saturated heterocycles. The van der Waals surface area contributed by atoms with Crippen LogP contribution in [0.3, 0.4) is 0 Å². The Kier molecular flexibility index (Phi) is 6.13. The summed E-state index contributed by atoms with van der Waals surface area (Å²) in [7, 11) is 0. The second-order valence-corrected chi connectivity index (χ2v) is 8.51. The minimum atomic E-state index is 0.173. The molecule has 0 heterocycles. The van der Waals surface area contributed by atoms with Crippen molar-refractivity contribution in [3.8, 4) is 0 Å². The van der Waals surface area contributed by atoms with E-state index in [9.17, 15) is 0 Å². The second kappa shape index (κ2) is 8.54. The monoisotopic (exact) mass is 357 g/mol. The highest BCUT2D eigenvalue weighted by Gasteiger charge is 2.16. The molecule has 0 amide bonds. The first-order chi connectivity index (χ1) is 12.9. The standard InChI is InChI=1S/C26H31N/c1-21-15-16-25(26(2,3)4)17-24(21)20-27(18-22-11-7-5-8-12-22)19-23-13-9-6-10-14-23/h5-17H,18-20H2,1-4H3. The fourth-order valence-corrected chi connectivity index (χ4v) is 3.40. The van der Waals surface area contributed by atoms with E-state index in [1.54, 1.807) is 0 Å². The van der Waals surface area contributed by atoms with E-state index in [4.69, 9.17) is 0 Å². The molecule has 1 nitrogen and oxygen atoms in total. The molecule has 0 N–H and O–H groups in total. The van der Waals surface area contributed by atoms with Crippen LogP contribution in [0.2, 0.25) is 0 Å². The maximum atomic E-state index is 2.54. The molecule has 0 unspecified atom stereocenters. The van der Waals surface area contributed by atoms with Gasteiger partial charge in [-0.15, -0.1) is 0 Å². The van der Waals surface area contributed by atoms with E-state index < -0.39 is 0 Å². The van der Waals surface area contributed by atoms with Gasteiger partial charge in [0.2, 0.25) is 0 Å². The predicted molar refractivity (Wildman–Crippen MR) is 116 cm³/mol. The summed E-state index contributed by atoms with van der Waals surface area (Å²) in [5.74, 6) is 0. The molecular weight excluding hydrogens is 326 g/mol. The van der Waals surface area contributed by atoms with Gasteiger partial charge in [0.15, 0.2) is 0 Å². The first kappa shape index (κ1) is 19.4. The van der Waals surface area contributed by atoms with E-state index in [0.717, 1.165) is 19.6 Å². The fraction of sp³-hybridized carbons (Fsp3) is 0.308. The van der Waals surface area contributed by atoms with Gasteiger partial charge in [0.05, 0.1) is 0 Å². The Morgan fingerprint density at radius 3 is 1.67 bits per heavy atom. The number of nitrogens with zero attached hydrogens (tertiary/aromatic N) is 1. The molecule has 0 aliphatic heterocycles. The van der Waals surface area contributed by atoms with Gasteiger partial charge in [-0.3, -0.25) is 4.90 Å². The quantitative estimate of drug-likeness (QED) is 0.487. The SMILES string of the molecule is Cc1ccc(C(C)(C)C)cc1CN(Cc1ccccc1)Cc1ccccc1. The summed E-state index contributed by atoms with van der Waals surface area (Å²) < 4.78 is 0. The average molecular weight is 358 g/mol. The molecule has 0 bridgehead atoms. The van der Waals surface area contributed by atoms with Crippen molar-refractivity contribution in [1.29, 1.82) is 0 Å². The van der Waals surface area contributed by atoms with Crippen molar-refractivity contribution in [2.45, 2.75) is 52.7 Å². The molecule has 0 radical (unpaired) electrons. The highest BCUT2D eigenvalue weighted by Crippen LogP contribution is 2.26. The van der Waals surface area contributed by atoms with Gasteiger partial charge >= 0.3 is 0 Å². The molecule has 27 heavy (non-hydrogen) atoms. The molecular formula is C26H31N. The van der Waals surface area contributed by atoms with Crippen LogP contribution in [0, 0.1) is 6.92 Å². The van der Waals surface area contributed by atoms with Crippen molar-refractivity contribution in [3.63, 3.8) is 0 Å². The molecule has 3 aromatic carbocycles. The molecule has 0 aliphatic carbocycles. The van der Waals surface area contributed by atoms with E-state index in [2.05, 4.69) is 111 Å². The Bertz CT molecular complexity index is 803. The Hall–Kier alpha value is -2.38. The maximum Gasteiger partial charge on any atom is 0.0243 e. The van der Waals surface area contributed by atoms with Crippen molar-refractivity contribution in [3.05, 3.63) is 107 Å². The third-order valence-corrected chi connectivity index (χ3v) is 5.11. The maximum absolute atomic E-state index is 2.54. The van der Waals surface area contributed by atoms with Gasteiger partial charge in [0.25, 0.3) is 0 Å².